The van der Waals surface area contributed by atoms with Crippen molar-refractivity contribution in [2.45, 2.75) is 70.5 Å². The van der Waals surface area contributed by atoms with Crippen LogP contribution in [0, 0.1) is 0 Å². The van der Waals surface area contributed by atoms with Crippen molar-refractivity contribution in [3.05, 3.63) is 75.8 Å². The second kappa shape index (κ2) is 12.0. The van der Waals surface area contributed by atoms with Gasteiger partial charge >= 0.3 is 0 Å². The van der Waals surface area contributed by atoms with E-state index in [9.17, 15) is 14.4 Å². The molecule has 1 fully saturated rings. The Kier molecular flexibility index (Phi) is 8.43. The van der Waals surface area contributed by atoms with Gasteiger partial charge in [0.15, 0.2) is 0 Å². The van der Waals surface area contributed by atoms with E-state index in [1.807, 2.05) is 43.3 Å². The minimum absolute atomic E-state index is 0.0451. The molecule has 0 saturated heterocycles. The second-order valence-electron chi connectivity index (χ2n) is 10.4. The Morgan fingerprint density at radius 2 is 1.69 bits per heavy atom. The SMILES string of the molecule is CC[C@@H](C(=O)NC1CCCC1)N(Cc1c(Cl)cccc1Cl)C(=O)CCCN1C(=O)c2cccc3cccc1c23. The summed E-state index contributed by atoms with van der Waals surface area (Å²) in [5.74, 6) is -0.351. The molecule has 1 saturated carbocycles. The van der Waals surface area contributed by atoms with Gasteiger partial charge in [-0.05, 0) is 55.3 Å². The number of benzene rings is 3. The molecule has 0 spiro atoms. The molecule has 0 unspecified atom stereocenters. The number of hydrogen-bond donors (Lipinski definition) is 1. The minimum Gasteiger partial charge on any atom is -0.352 e. The highest BCUT2D eigenvalue weighted by molar-refractivity contribution is 6.36. The van der Waals surface area contributed by atoms with Crippen molar-refractivity contribution in [1.29, 1.82) is 0 Å². The van der Waals surface area contributed by atoms with Crippen molar-refractivity contribution in [3.8, 4) is 0 Å². The summed E-state index contributed by atoms with van der Waals surface area (Å²) in [6.07, 6.45) is 5.25. The van der Waals surface area contributed by atoms with Crippen LogP contribution in [0.25, 0.3) is 10.8 Å². The van der Waals surface area contributed by atoms with Crippen LogP contribution in [0.5, 0.6) is 0 Å². The third-order valence-corrected chi connectivity index (χ3v) is 8.61. The monoisotopic (exact) mass is 565 g/mol. The fourth-order valence-corrected chi connectivity index (χ4v) is 6.39. The number of rotatable bonds is 10. The van der Waals surface area contributed by atoms with E-state index in [0.717, 1.165) is 42.1 Å². The first-order valence-corrected chi connectivity index (χ1v) is 14.5. The van der Waals surface area contributed by atoms with Crippen LogP contribution in [-0.4, -0.2) is 41.2 Å². The molecule has 39 heavy (non-hydrogen) atoms. The van der Waals surface area contributed by atoms with Gasteiger partial charge in [-0.3, -0.25) is 14.4 Å². The summed E-state index contributed by atoms with van der Waals surface area (Å²) in [5.41, 5.74) is 2.19. The molecule has 3 aromatic carbocycles. The molecule has 1 aliphatic heterocycles. The summed E-state index contributed by atoms with van der Waals surface area (Å²) in [4.78, 5) is 43.6. The predicted molar refractivity (Wildman–Crippen MR) is 156 cm³/mol. The van der Waals surface area contributed by atoms with Gasteiger partial charge in [-0.15, -0.1) is 0 Å². The first kappa shape index (κ1) is 27.5. The molecule has 3 amide bonds. The van der Waals surface area contributed by atoms with E-state index < -0.39 is 6.04 Å². The topological polar surface area (TPSA) is 69.7 Å². The minimum atomic E-state index is -0.642. The average Bonchev–Trinajstić information content (AvgIpc) is 3.53. The summed E-state index contributed by atoms with van der Waals surface area (Å²) in [6, 6.07) is 16.4. The summed E-state index contributed by atoms with van der Waals surface area (Å²) in [5, 5.41) is 6.06. The number of hydrogen-bond acceptors (Lipinski definition) is 3. The molecule has 0 radical (unpaired) electrons. The molecule has 8 heteroatoms. The lowest BCUT2D eigenvalue weighted by molar-refractivity contribution is -0.141. The van der Waals surface area contributed by atoms with Crippen molar-refractivity contribution in [3.63, 3.8) is 0 Å². The van der Waals surface area contributed by atoms with Gasteiger partial charge in [-0.2, -0.15) is 0 Å². The molecule has 2 aliphatic rings. The first-order valence-electron chi connectivity index (χ1n) is 13.8. The summed E-state index contributed by atoms with van der Waals surface area (Å²) in [7, 11) is 0. The van der Waals surface area contributed by atoms with Gasteiger partial charge < -0.3 is 15.1 Å². The Labute approximate surface area is 239 Å². The Morgan fingerprint density at radius 1 is 1.03 bits per heavy atom. The molecule has 6 nitrogen and oxygen atoms in total. The van der Waals surface area contributed by atoms with Crippen molar-refractivity contribution in [1.82, 2.24) is 10.2 Å². The highest BCUT2D eigenvalue weighted by Gasteiger charge is 2.33. The largest absolute Gasteiger partial charge is 0.352 e. The summed E-state index contributed by atoms with van der Waals surface area (Å²) < 4.78 is 0. The van der Waals surface area contributed by atoms with E-state index >= 15 is 0 Å². The van der Waals surface area contributed by atoms with Gasteiger partial charge in [-0.1, -0.05) is 73.3 Å². The molecule has 3 aromatic rings. The van der Waals surface area contributed by atoms with Gasteiger partial charge in [0.2, 0.25) is 11.8 Å². The van der Waals surface area contributed by atoms with E-state index in [1.165, 1.54) is 0 Å². The van der Waals surface area contributed by atoms with Crippen LogP contribution < -0.4 is 10.2 Å². The Morgan fingerprint density at radius 3 is 2.38 bits per heavy atom. The van der Waals surface area contributed by atoms with Crippen LogP contribution in [-0.2, 0) is 16.1 Å². The molecular weight excluding hydrogens is 533 g/mol. The molecule has 0 bridgehead atoms. The van der Waals surface area contributed by atoms with Crippen LogP contribution in [0.4, 0.5) is 5.69 Å². The Balaban J connectivity index is 1.32. The van der Waals surface area contributed by atoms with Gasteiger partial charge in [0.1, 0.15) is 6.04 Å². The van der Waals surface area contributed by atoms with Crippen LogP contribution in [0.2, 0.25) is 10.0 Å². The fraction of sp³-hybridized carbons (Fsp3) is 0.387. The quantitative estimate of drug-likeness (QED) is 0.295. The van der Waals surface area contributed by atoms with Crippen LogP contribution in [0.15, 0.2) is 54.6 Å². The van der Waals surface area contributed by atoms with E-state index in [1.54, 1.807) is 28.0 Å². The van der Waals surface area contributed by atoms with Crippen LogP contribution in [0.1, 0.15) is 67.8 Å². The summed E-state index contributed by atoms with van der Waals surface area (Å²) >= 11 is 12.9. The number of nitrogens with one attached hydrogen (secondary N) is 1. The van der Waals surface area contributed by atoms with Gasteiger partial charge in [0.05, 0.1) is 5.69 Å². The first-order chi connectivity index (χ1) is 18.9. The van der Waals surface area contributed by atoms with Crippen molar-refractivity contribution in [2.24, 2.45) is 0 Å². The van der Waals surface area contributed by atoms with E-state index in [-0.39, 0.29) is 36.7 Å². The number of nitrogens with zero attached hydrogens (tertiary/aromatic N) is 2. The van der Waals surface area contributed by atoms with Gasteiger partial charge in [-0.25, -0.2) is 0 Å². The molecule has 1 N–H and O–H groups in total. The zero-order valence-electron chi connectivity index (χ0n) is 22.1. The zero-order valence-corrected chi connectivity index (χ0v) is 23.6. The third kappa shape index (κ3) is 5.64. The number of halogens is 2. The molecule has 1 heterocycles. The highest BCUT2D eigenvalue weighted by atomic mass is 35.5. The van der Waals surface area contributed by atoms with E-state index in [4.69, 9.17) is 23.2 Å². The maximum atomic E-state index is 13.7. The van der Waals surface area contributed by atoms with Crippen molar-refractivity contribution >= 4 is 57.4 Å². The zero-order chi connectivity index (χ0) is 27.5. The maximum absolute atomic E-state index is 13.7. The smallest absolute Gasteiger partial charge is 0.258 e. The normalized spacial score (nSPS) is 15.7. The lowest BCUT2D eigenvalue weighted by Crippen LogP contribution is -2.51. The number of carbonyl (C=O) groups is 3. The van der Waals surface area contributed by atoms with Crippen molar-refractivity contribution in [2.75, 3.05) is 11.4 Å². The number of carbonyl (C=O) groups excluding carboxylic acids is 3. The molecule has 1 atom stereocenters. The third-order valence-electron chi connectivity index (χ3n) is 7.90. The van der Waals surface area contributed by atoms with E-state index in [2.05, 4.69) is 5.32 Å². The van der Waals surface area contributed by atoms with Crippen LogP contribution >= 0.6 is 23.2 Å². The average molecular weight is 567 g/mol. The number of anilines is 1. The second-order valence-corrected chi connectivity index (χ2v) is 11.2. The van der Waals surface area contributed by atoms with Crippen molar-refractivity contribution < 1.29 is 14.4 Å². The Bertz CT molecular complexity index is 1380. The maximum Gasteiger partial charge on any atom is 0.258 e. The number of amides is 3. The standard InChI is InChI=1S/C31H33Cl2N3O3/c1-2-26(30(38)34-21-11-3-4-12-21)36(19-23-24(32)14-7-15-25(23)33)28(37)17-8-18-35-27-16-6-10-20-9-5-13-22(29(20)27)31(35)39/h5-7,9-10,13-16,21,26H,2-4,8,11-12,17-19H2,1H3,(H,34,38)/t26-/m0/s1. The summed E-state index contributed by atoms with van der Waals surface area (Å²) in [6.45, 7) is 2.46. The Hall–Kier alpha value is -3.09. The molecule has 1 aliphatic carbocycles. The lowest BCUT2D eigenvalue weighted by Gasteiger charge is -2.32. The van der Waals surface area contributed by atoms with E-state index in [0.29, 0.717) is 40.6 Å². The van der Waals surface area contributed by atoms with Gasteiger partial charge in [0.25, 0.3) is 5.91 Å². The lowest BCUT2D eigenvalue weighted by atomic mass is 10.1. The molecule has 0 aromatic heterocycles. The van der Waals surface area contributed by atoms with Crippen LogP contribution in [0.3, 0.4) is 0 Å². The van der Waals surface area contributed by atoms with Gasteiger partial charge in [0, 0.05) is 52.1 Å². The fourth-order valence-electron chi connectivity index (χ4n) is 5.87. The molecule has 5 rings (SSSR count). The predicted octanol–water partition coefficient (Wildman–Crippen LogP) is 6.75. The molecular formula is C31H33Cl2N3O3. The molecule has 204 valence electrons. The highest BCUT2D eigenvalue weighted by Crippen LogP contribution is 2.37.